The highest BCUT2D eigenvalue weighted by atomic mass is 16.2. The average Bonchev–Trinajstić information content (AvgIpc) is 2.85. The third-order valence-electron chi connectivity index (χ3n) is 4.07. The molecule has 2 aliphatic rings. The fourth-order valence-electron chi connectivity index (χ4n) is 2.94. The van der Waals surface area contributed by atoms with Crippen LogP contribution in [0.5, 0.6) is 0 Å². The maximum Gasteiger partial charge on any atom is 0.225 e. The van der Waals surface area contributed by atoms with Crippen LogP contribution < -0.4 is 0 Å². The largest absolute Gasteiger partial charge is 0.346 e. The van der Waals surface area contributed by atoms with E-state index in [2.05, 4.69) is 6.92 Å². The van der Waals surface area contributed by atoms with Crippen LogP contribution in [0.25, 0.3) is 0 Å². The van der Waals surface area contributed by atoms with Crippen LogP contribution in [0, 0.1) is 17.8 Å². The monoisotopic (exact) mass is 209 g/mol. The van der Waals surface area contributed by atoms with Gasteiger partial charge in [0.25, 0.3) is 0 Å². The lowest BCUT2D eigenvalue weighted by molar-refractivity contribution is -0.134. The molecule has 0 aromatic heterocycles. The molecule has 0 heterocycles. The zero-order valence-corrected chi connectivity index (χ0v) is 10.0. The van der Waals surface area contributed by atoms with Gasteiger partial charge in [0.05, 0.1) is 0 Å². The van der Waals surface area contributed by atoms with Gasteiger partial charge in [0.1, 0.15) is 0 Å². The highest BCUT2D eigenvalue weighted by molar-refractivity contribution is 5.79. The zero-order valence-electron chi connectivity index (χ0n) is 10.0. The predicted molar refractivity (Wildman–Crippen MR) is 61.5 cm³/mol. The van der Waals surface area contributed by atoms with Crippen LogP contribution in [-0.4, -0.2) is 24.4 Å². The summed E-state index contributed by atoms with van der Waals surface area (Å²) >= 11 is 0. The van der Waals surface area contributed by atoms with Crippen molar-refractivity contribution in [2.24, 2.45) is 17.8 Å². The Morgan fingerprint density at radius 2 is 1.87 bits per heavy atom. The van der Waals surface area contributed by atoms with Crippen molar-refractivity contribution in [3.63, 3.8) is 0 Å². The van der Waals surface area contributed by atoms with Crippen LogP contribution in [0.15, 0.2) is 0 Å². The zero-order chi connectivity index (χ0) is 10.8. The summed E-state index contributed by atoms with van der Waals surface area (Å²) in [7, 11) is 1.97. The van der Waals surface area contributed by atoms with Gasteiger partial charge < -0.3 is 4.90 Å². The van der Waals surface area contributed by atoms with Gasteiger partial charge in [0.2, 0.25) is 5.91 Å². The summed E-state index contributed by atoms with van der Waals surface area (Å²) in [6.07, 6.45) is 7.41. The van der Waals surface area contributed by atoms with E-state index in [1.165, 1.54) is 32.1 Å². The third kappa shape index (κ3) is 2.53. The van der Waals surface area contributed by atoms with E-state index in [1.54, 1.807) is 0 Å². The first-order chi connectivity index (χ1) is 7.22. The minimum Gasteiger partial charge on any atom is -0.346 e. The van der Waals surface area contributed by atoms with Gasteiger partial charge in [-0.3, -0.25) is 4.79 Å². The van der Waals surface area contributed by atoms with Gasteiger partial charge >= 0.3 is 0 Å². The summed E-state index contributed by atoms with van der Waals surface area (Å²) in [5.41, 5.74) is 0. The van der Waals surface area contributed by atoms with Crippen molar-refractivity contribution in [1.82, 2.24) is 4.90 Å². The van der Waals surface area contributed by atoms with Crippen molar-refractivity contribution in [2.75, 3.05) is 13.6 Å². The lowest BCUT2D eigenvalue weighted by Gasteiger charge is -2.21. The summed E-state index contributed by atoms with van der Waals surface area (Å²) in [6.45, 7) is 3.16. The van der Waals surface area contributed by atoms with Crippen LogP contribution in [0.3, 0.4) is 0 Å². The van der Waals surface area contributed by atoms with Crippen molar-refractivity contribution >= 4 is 5.91 Å². The number of fused-ring (bicyclic) bond motifs is 1. The van der Waals surface area contributed by atoms with E-state index in [0.717, 1.165) is 24.8 Å². The molecule has 15 heavy (non-hydrogen) atoms. The maximum atomic E-state index is 12.0. The van der Waals surface area contributed by atoms with Gasteiger partial charge in [-0.05, 0) is 37.5 Å². The fourth-order valence-corrected chi connectivity index (χ4v) is 2.94. The molecule has 86 valence electrons. The highest BCUT2D eigenvalue weighted by Crippen LogP contribution is 2.54. The van der Waals surface area contributed by atoms with Crippen molar-refractivity contribution in [1.29, 1.82) is 0 Å². The van der Waals surface area contributed by atoms with Gasteiger partial charge in [-0.15, -0.1) is 0 Å². The second kappa shape index (κ2) is 4.54. The first kappa shape index (κ1) is 11.0. The summed E-state index contributed by atoms with van der Waals surface area (Å²) in [4.78, 5) is 14.0. The average molecular weight is 209 g/mol. The minimum absolute atomic E-state index is 0.375. The molecule has 0 saturated heterocycles. The Balaban J connectivity index is 1.70. The number of hydrogen-bond donors (Lipinski definition) is 0. The van der Waals surface area contributed by atoms with Gasteiger partial charge in [-0.1, -0.05) is 19.8 Å². The SMILES string of the molecule is CCCCCN(C)C(=O)C1CC2CC2C1. The summed E-state index contributed by atoms with van der Waals surface area (Å²) in [5, 5.41) is 0. The Morgan fingerprint density at radius 3 is 2.47 bits per heavy atom. The van der Waals surface area contributed by atoms with E-state index in [0.29, 0.717) is 11.8 Å². The molecule has 0 aromatic carbocycles. The standard InChI is InChI=1S/C13H23NO/c1-3-4-5-6-14(2)13(15)12-8-10-7-11(10)9-12/h10-12H,3-9H2,1-2H3. The lowest BCUT2D eigenvalue weighted by atomic mass is 10.0. The molecule has 0 aromatic rings. The molecule has 0 radical (unpaired) electrons. The number of carbonyl (C=O) groups is 1. The quantitative estimate of drug-likeness (QED) is 0.637. The maximum absolute atomic E-state index is 12.0. The Kier molecular flexibility index (Phi) is 3.32. The molecule has 0 N–H and O–H groups in total. The number of rotatable bonds is 5. The van der Waals surface area contributed by atoms with Crippen LogP contribution in [0.2, 0.25) is 0 Å². The molecule has 2 unspecified atom stereocenters. The molecular weight excluding hydrogens is 186 g/mol. The van der Waals surface area contributed by atoms with Crippen molar-refractivity contribution < 1.29 is 4.79 Å². The van der Waals surface area contributed by atoms with Crippen LogP contribution >= 0.6 is 0 Å². The normalized spacial score (nSPS) is 32.5. The number of nitrogens with zero attached hydrogens (tertiary/aromatic N) is 1. The Bertz CT molecular complexity index is 229. The van der Waals surface area contributed by atoms with E-state index in [1.807, 2.05) is 11.9 Å². The molecular formula is C13H23NO. The van der Waals surface area contributed by atoms with E-state index < -0.39 is 0 Å². The van der Waals surface area contributed by atoms with Crippen molar-refractivity contribution in [3.8, 4) is 0 Å². The molecule has 2 heteroatoms. The first-order valence-corrected chi connectivity index (χ1v) is 6.47. The van der Waals surface area contributed by atoms with Crippen molar-refractivity contribution in [3.05, 3.63) is 0 Å². The second-order valence-corrected chi connectivity index (χ2v) is 5.39. The molecule has 0 aliphatic heterocycles. The Hall–Kier alpha value is -0.530. The topological polar surface area (TPSA) is 20.3 Å². The first-order valence-electron chi connectivity index (χ1n) is 6.47. The minimum atomic E-state index is 0.375. The van der Waals surface area contributed by atoms with E-state index in [4.69, 9.17) is 0 Å². The molecule has 2 nitrogen and oxygen atoms in total. The smallest absolute Gasteiger partial charge is 0.225 e. The molecule has 2 aliphatic carbocycles. The predicted octanol–water partition coefficient (Wildman–Crippen LogP) is 2.68. The number of carbonyl (C=O) groups excluding carboxylic acids is 1. The van der Waals surface area contributed by atoms with Crippen LogP contribution in [0.4, 0.5) is 0 Å². The third-order valence-corrected chi connectivity index (χ3v) is 4.07. The van der Waals surface area contributed by atoms with E-state index in [9.17, 15) is 4.79 Å². The molecule has 1 amide bonds. The summed E-state index contributed by atoms with van der Waals surface area (Å²) in [6, 6.07) is 0. The lowest BCUT2D eigenvalue weighted by Crippen LogP contribution is -2.33. The Labute approximate surface area is 93.0 Å². The van der Waals surface area contributed by atoms with Crippen LogP contribution in [-0.2, 0) is 4.79 Å². The highest BCUT2D eigenvalue weighted by Gasteiger charge is 2.48. The van der Waals surface area contributed by atoms with Gasteiger partial charge in [-0.25, -0.2) is 0 Å². The van der Waals surface area contributed by atoms with Crippen molar-refractivity contribution in [2.45, 2.75) is 45.4 Å². The Morgan fingerprint density at radius 1 is 1.20 bits per heavy atom. The number of hydrogen-bond acceptors (Lipinski definition) is 1. The van der Waals surface area contributed by atoms with E-state index >= 15 is 0 Å². The van der Waals surface area contributed by atoms with E-state index in [-0.39, 0.29) is 0 Å². The summed E-state index contributed by atoms with van der Waals surface area (Å²) < 4.78 is 0. The molecule has 0 bridgehead atoms. The van der Waals surface area contributed by atoms with Gasteiger partial charge in [-0.2, -0.15) is 0 Å². The second-order valence-electron chi connectivity index (χ2n) is 5.39. The van der Waals surface area contributed by atoms with Gasteiger partial charge in [0.15, 0.2) is 0 Å². The molecule has 2 rings (SSSR count). The molecule has 0 spiro atoms. The summed E-state index contributed by atoms with van der Waals surface area (Å²) in [5.74, 6) is 2.63. The van der Waals surface area contributed by atoms with Crippen LogP contribution in [0.1, 0.15) is 45.4 Å². The molecule has 2 fully saturated rings. The number of unbranched alkanes of at least 4 members (excludes halogenated alkanes) is 2. The fraction of sp³-hybridized carbons (Fsp3) is 0.923. The number of amides is 1. The van der Waals surface area contributed by atoms with Gasteiger partial charge in [0, 0.05) is 19.5 Å². The molecule has 2 saturated carbocycles. The molecule has 2 atom stereocenters.